The van der Waals surface area contributed by atoms with E-state index in [4.69, 9.17) is 11.5 Å². The molecule has 0 aliphatic heterocycles. The standard InChI is InChI=1S/C5H6N4O/c6-3-1-4(7)9-5(2-10)8-3/h1-2H,(H4,6,7,8,9). The van der Waals surface area contributed by atoms with Crippen molar-refractivity contribution in [3.8, 4) is 0 Å². The van der Waals surface area contributed by atoms with Gasteiger partial charge >= 0.3 is 0 Å². The summed E-state index contributed by atoms with van der Waals surface area (Å²) in [5, 5.41) is 0. The molecule has 0 spiro atoms. The van der Waals surface area contributed by atoms with E-state index in [2.05, 4.69) is 9.97 Å². The van der Waals surface area contributed by atoms with Crippen LogP contribution in [0.15, 0.2) is 6.07 Å². The Labute approximate surface area is 57.1 Å². The quantitative estimate of drug-likeness (QED) is 0.508. The van der Waals surface area contributed by atoms with E-state index in [1.165, 1.54) is 6.07 Å². The zero-order chi connectivity index (χ0) is 7.56. The molecule has 5 heteroatoms. The van der Waals surface area contributed by atoms with Crippen molar-refractivity contribution in [2.75, 3.05) is 11.5 Å². The van der Waals surface area contributed by atoms with E-state index in [1.54, 1.807) is 0 Å². The van der Waals surface area contributed by atoms with Gasteiger partial charge in [-0.1, -0.05) is 0 Å². The molecule has 10 heavy (non-hydrogen) atoms. The Kier molecular flexibility index (Phi) is 1.49. The highest BCUT2D eigenvalue weighted by atomic mass is 16.1. The molecule has 0 bridgehead atoms. The second-order valence-electron chi connectivity index (χ2n) is 1.69. The van der Waals surface area contributed by atoms with E-state index < -0.39 is 0 Å². The molecule has 0 aliphatic rings. The van der Waals surface area contributed by atoms with Crippen molar-refractivity contribution in [1.29, 1.82) is 0 Å². The first-order valence-electron chi connectivity index (χ1n) is 2.57. The topological polar surface area (TPSA) is 94.9 Å². The SMILES string of the molecule is Nc1cc(N)nc(C=O)n1. The second-order valence-corrected chi connectivity index (χ2v) is 1.69. The lowest BCUT2D eigenvalue weighted by Gasteiger charge is -1.94. The monoisotopic (exact) mass is 138 g/mol. The van der Waals surface area contributed by atoms with Gasteiger partial charge in [0.05, 0.1) is 0 Å². The Morgan fingerprint density at radius 1 is 1.30 bits per heavy atom. The molecule has 0 saturated carbocycles. The van der Waals surface area contributed by atoms with E-state index in [0.29, 0.717) is 6.29 Å². The number of aromatic nitrogens is 2. The predicted octanol–water partition coefficient (Wildman–Crippen LogP) is -0.546. The minimum Gasteiger partial charge on any atom is -0.384 e. The Balaban J connectivity index is 3.18. The van der Waals surface area contributed by atoms with Gasteiger partial charge in [0.1, 0.15) is 11.6 Å². The maximum absolute atomic E-state index is 10.1. The molecular weight excluding hydrogens is 132 g/mol. The van der Waals surface area contributed by atoms with Crippen molar-refractivity contribution in [3.05, 3.63) is 11.9 Å². The Morgan fingerprint density at radius 3 is 2.20 bits per heavy atom. The van der Waals surface area contributed by atoms with Gasteiger partial charge in [0.15, 0.2) is 12.1 Å². The van der Waals surface area contributed by atoms with Crippen molar-refractivity contribution >= 4 is 17.9 Å². The van der Waals surface area contributed by atoms with Gasteiger partial charge in [-0.25, -0.2) is 9.97 Å². The first-order valence-corrected chi connectivity index (χ1v) is 2.57. The van der Waals surface area contributed by atoms with Crippen LogP contribution in [0.2, 0.25) is 0 Å². The largest absolute Gasteiger partial charge is 0.384 e. The molecule has 0 atom stereocenters. The van der Waals surface area contributed by atoms with Gasteiger partial charge in [0.2, 0.25) is 0 Å². The molecule has 0 fully saturated rings. The van der Waals surface area contributed by atoms with Gasteiger partial charge in [0, 0.05) is 6.07 Å². The number of anilines is 2. The van der Waals surface area contributed by atoms with Gasteiger partial charge < -0.3 is 11.5 Å². The number of rotatable bonds is 1. The Morgan fingerprint density at radius 2 is 1.80 bits per heavy atom. The van der Waals surface area contributed by atoms with Gasteiger partial charge in [-0.15, -0.1) is 0 Å². The summed E-state index contributed by atoms with van der Waals surface area (Å²) < 4.78 is 0. The number of carbonyl (C=O) groups excluding carboxylic acids is 1. The Hall–Kier alpha value is -1.65. The molecule has 0 radical (unpaired) electrons. The number of nitrogen functional groups attached to an aromatic ring is 2. The highest BCUT2D eigenvalue weighted by molar-refractivity contribution is 5.70. The summed E-state index contributed by atoms with van der Waals surface area (Å²) >= 11 is 0. The van der Waals surface area contributed by atoms with Gasteiger partial charge in [-0.2, -0.15) is 0 Å². The molecule has 1 aromatic rings. The van der Waals surface area contributed by atoms with Crippen LogP contribution in [0.25, 0.3) is 0 Å². The first kappa shape index (κ1) is 6.47. The van der Waals surface area contributed by atoms with E-state index in [1.807, 2.05) is 0 Å². The van der Waals surface area contributed by atoms with Crippen molar-refractivity contribution in [2.45, 2.75) is 0 Å². The third-order valence-corrected chi connectivity index (χ3v) is 0.888. The van der Waals surface area contributed by atoms with Crippen molar-refractivity contribution in [3.63, 3.8) is 0 Å². The summed E-state index contributed by atoms with van der Waals surface area (Å²) in [7, 11) is 0. The molecule has 0 aliphatic carbocycles. The molecule has 1 heterocycles. The summed E-state index contributed by atoms with van der Waals surface area (Å²) in [5.41, 5.74) is 10.5. The van der Waals surface area contributed by atoms with E-state index in [9.17, 15) is 4.79 Å². The van der Waals surface area contributed by atoms with E-state index in [0.717, 1.165) is 0 Å². The zero-order valence-corrected chi connectivity index (χ0v) is 5.11. The highest BCUT2D eigenvalue weighted by Crippen LogP contribution is 2.01. The molecule has 1 rings (SSSR count). The summed E-state index contributed by atoms with van der Waals surface area (Å²) in [6.07, 6.45) is 0.493. The van der Waals surface area contributed by atoms with Crippen molar-refractivity contribution in [1.82, 2.24) is 9.97 Å². The van der Waals surface area contributed by atoms with Crippen LogP contribution in [0.5, 0.6) is 0 Å². The van der Waals surface area contributed by atoms with Crippen LogP contribution < -0.4 is 11.5 Å². The van der Waals surface area contributed by atoms with Crippen LogP contribution in [0.1, 0.15) is 10.6 Å². The number of nitrogens with two attached hydrogens (primary N) is 2. The lowest BCUT2D eigenvalue weighted by atomic mass is 10.5. The van der Waals surface area contributed by atoms with Crippen LogP contribution in [-0.4, -0.2) is 16.3 Å². The molecule has 1 aromatic heterocycles. The van der Waals surface area contributed by atoms with Gasteiger partial charge in [-0.05, 0) is 0 Å². The number of nitrogens with zero attached hydrogens (tertiary/aromatic N) is 2. The number of aldehydes is 1. The number of carbonyl (C=O) groups is 1. The summed E-state index contributed by atoms with van der Waals surface area (Å²) in [5.74, 6) is 0.418. The van der Waals surface area contributed by atoms with Gasteiger partial charge in [-0.3, -0.25) is 4.79 Å². The summed E-state index contributed by atoms with van der Waals surface area (Å²) in [4.78, 5) is 17.2. The van der Waals surface area contributed by atoms with E-state index in [-0.39, 0.29) is 17.5 Å². The molecule has 52 valence electrons. The van der Waals surface area contributed by atoms with Crippen molar-refractivity contribution < 1.29 is 4.79 Å². The van der Waals surface area contributed by atoms with Crippen LogP contribution in [-0.2, 0) is 0 Å². The number of hydrogen-bond acceptors (Lipinski definition) is 5. The molecule has 0 unspecified atom stereocenters. The molecule has 0 amide bonds. The highest BCUT2D eigenvalue weighted by Gasteiger charge is 1.96. The van der Waals surface area contributed by atoms with Crippen LogP contribution in [0, 0.1) is 0 Å². The average molecular weight is 138 g/mol. The summed E-state index contributed by atoms with van der Waals surface area (Å²) in [6, 6.07) is 1.38. The minimum atomic E-state index is 0.0116. The van der Waals surface area contributed by atoms with Gasteiger partial charge in [0.25, 0.3) is 0 Å². The molecular formula is C5H6N4O. The normalized spacial score (nSPS) is 9.20. The summed E-state index contributed by atoms with van der Waals surface area (Å²) in [6.45, 7) is 0. The Bertz CT molecular complexity index is 240. The van der Waals surface area contributed by atoms with Crippen LogP contribution in [0.3, 0.4) is 0 Å². The lowest BCUT2D eigenvalue weighted by molar-refractivity contribution is 0.111. The smallest absolute Gasteiger partial charge is 0.196 e. The van der Waals surface area contributed by atoms with Crippen molar-refractivity contribution in [2.24, 2.45) is 0 Å². The van der Waals surface area contributed by atoms with E-state index >= 15 is 0 Å². The third kappa shape index (κ3) is 1.19. The maximum atomic E-state index is 10.1. The molecule has 5 nitrogen and oxygen atoms in total. The fourth-order valence-corrected chi connectivity index (χ4v) is 0.558. The zero-order valence-electron chi connectivity index (χ0n) is 5.11. The molecule has 0 aromatic carbocycles. The number of hydrogen-bond donors (Lipinski definition) is 2. The van der Waals surface area contributed by atoms with Crippen LogP contribution >= 0.6 is 0 Å². The molecule has 0 saturated heterocycles. The fraction of sp³-hybridized carbons (Fsp3) is 0. The lowest BCUT2D eigenvalue weighted by Crippen LogP contribution is -2.01. The maximum Gasteiger partial charge on any atom is 0.196 e. The third-order valence-electron chi connectivity index (χ3n) is 0.888. The second kappa shape index (κ2) is 2.30. The fourth-order valence-electron chi connectivity index (χ4n) is 0.558. The van der Waals surface area contributed by atoms with Crippen LogP contribution in [0.4, 0.5) is 11.6 Å². The minimum absolute atomic E-state index is 0.0116. The molecule has 4 N–H and O–H groups in total. The average Bonchev–Trinajstić information content (AvgIpc) is 1.85. The predicted molar refractivity (Wildman–Crippen MR) is 36.2 cm³/mol. The first-order chi connectivity index (χ1) is 4.72.